The Morgan fingerprint density at radius 2 is 1.46 bits per heavy atom. The van der Waals surface area contributed by atoms with Crippen LogP contribution in [0.1, 0.15) is 21.6 Å². The van der Waals surface area contributed by atoms with Crippen LogP contribution in [0.4, 0.5) is 0 Å². The number of benzene rings is 2. The Morgan fingerprint density at radius 1 is 0.833 bits per heavy atom. The van der Waals surface area contributed by atoms with Gasteiger partial charge in [-0.1, -0.05) is 66.7 Å². The topological polar surface area (TPSA) is 42.0 Å². The van der Waals surface area contributed by atoms with Gasteiger partial charge in [-0.15, -0.1) is 0 Å². The van der Waals surface area contributed by atoms with Gasteiger partial charge >= 0.3 is 0 Å². The highest BCUT2D eigenvalue weighted by Gasteiger charge is 2.07. The molecule has 0 radical (unpaired) electrons. The van der Waals surface area contributed by atoms with E-state index in [0.717, 1.165) is 17.0 Å². The van der Waals surface area contributed by atoms with Gasteiger partial charge < -0.3 is 5.32 Å². The summed E-state index contributed by atoms with van der Waals surface area (Å²) in [6, 6.07) is 24.9. The van der Waals surface area contributed by atoms with E-state index in [9.17, 15) is 4.79 Å². The number of pyridine rings is 1. The molecule has 3 heteroatoms. The molecule has 0 saturated carbocycles. The second-order valence-corrected chi connectivity index (χ2v) is 5.33. The van der Waals surface area contributed by atoms with Crippen LogP contribution in [0, 0.1) is 0 Å². The van der Waals surface area contributed by atoms with Crippen LogP contribution in [0.25, 0.3) is 5.70 Å². The highest BCUT2D eigenvalue weighted by atomic mass is 16.1. The van der Waals surface area contributed by atoms with Crippen molar-refractivity contribution in [2.45, 2.75) is 6.54 Å². The van der Waals surface area contributed by atoms with Crippen LogP contribution in [0.5, 0.6) is 0 Å². The second-order valence-electron chi connectivity index (χ2n) is 5.33. The van der Waals surface area contributed by atoms with Gasteiger partial charge in [0.25, 0.3) is 0 Å². The second kappa shape index (κ2) is 7.88. The summed E-state index contributed by atoms with van der Waals surface area (Å²) >= 11 is 0. The van der Waals surface area contributed by atoms with Gasteiger partial charge in [0, 0.05) is 23.5 Å². The lowest BCUT2D eigenvalue weighted by molar-refractivity contribution is 0.104. The van der Waals surface area contributed by atoms with Gasteiger partial charge in [0.15, 0.2) is 5.78 Å². The van der Waals surface area contributed by atoms with E-state index >= 15 is 0 Å². The Bertz CT molecular complexity index is 812. The van der Waals surface area contributed by atoms with Crippen molar-refractivity contribution >= 4 is 11.5 Å². The first-order valence-corrected chi connectivity index (χ1v) is 7.83. The molecule has 1 heterocycles. The van der Waals surface area contributed by atoms with Crippen molar-refractivity contribution in [1.29, 1.82) is 0 Å². The predicted octanol–water partition coefficient (Wildman–Crippen LogP) is 4.10. The zero-order chi connectivity index (χ0) is 16.6. The first-order valence-electron chi connectivity index (χ1n) is 7.83. The molecular formula is C21H18N2O. The molecule has 0 fully saturated rings. The maximum Gasteiger partial charge on any atom is 0.187 e. The average molecular weight is 314 g/mol. The van der Waals surface area contributed by atoms with E-state index in [1.165, 1.54) is 0 Å². The van der Waals surface area contributed by atoms with Crippen molar-refractivity contribution in [2.75, 3.05) is 0 Å². The molecule has 0 spiro atoms. The van der Waals surface area contributed by atoms with Crippen LogP contribution in [0.2, 0.25) is 0 Å². The lowest BCUT2D eigenvalue weighted by Gasteiger charge is -2.11. The van der Waals surface area contributed by atoms with E-state index in [1.807, 2.05) is 78.9 Å². The largest absolute Gasteiger partial charge is 0.379 e. The fourth-order valence-electron chi connectivity index (χ4n) is 2.36. The Morgan fingerprint density at radius 3 is 2.08 bits per heavy atom. The molecular weight excluding hydrogens is 296 g/mol. The van der Waals surface area contributed by atoms with Gasteiger partial charge in [0.2, 0.25) is 0 Å². The fourth-order valence-corrected chi connectivity index (χ4v) is 2.36. The summed E-state index contributed by atoms with van der Waals surface area (Å²) in [7, 11) is 0. The summed E-state index contributed by atoms with van der Waals surface area (Å²) in [4.78, 5) is 16.8. The van der Waals surface area contributed by atoms with Crippen LogP contribution in [-0.2, 0) is 6.54 Å². The Balaban J connectivity index is 1.85. The van der Waals surface area contributed by atoms with E-state index in [2.05, 4.69) is 10.3 Å². The SMILES string of the molecule is O=C(/C=C(\NCc1ccccn1)c1ccccc1)c1ccccc1. The van der Waals surface area contributed by atoms with Gasteiger partial charge in [-0.2, -0.15) is 0 Å². The summed E-state index contributed by atoms with van der Waals surface area (Å²) in [6.45, 7) is 0.559. The van der Waals surface area contributed by atoms with Crippen LogP contribution < -0.4 is 5.32 Å². The van der Waals surface area contributed by atoms with Gasteiger partial charge in [-0.25, -0.2) is 0 Å². The van der Waals surface area contributed by atoms with E-state index in [-0.39, 0.29) is 5.78 Å². The molecule has 118 valence electrons. The standard InChI is InChI=1S/C21H18N2O/c24-21(18-11-5-2-6-12-18)15-20(17-9-3-1-4-10-17)23-16-19-13-7-8-14-22-19/h1-15,23H,16H2/b20-15-. The van der Waals surface area contributed by atoms with Crippen LogP contribution >= 0.6 is 0 Å². The van der Waals surface area contributed by atoms with Crippen molar-refractivity contribution in [3.8, 4) is 0 Å². The lowest BCUT2D eigenvalue weighted by atomic mass is 10.1. The zero-order valence-electron chi connectivity index (χ0n) is 13.2. The number of ketones is 1. The number of hydrogen-bond donors (Lipinski definition) is 1. The van der Waals surface area contributed by atoms with Crippen molar-refractivity contribution < 1.29 is 4.79 Å². The molecule has 0 bridgehead atoms. The number of carbonyl (C=O) groups is 1. The first-order chi connectivity index (χ1) is 11.8. The van der Waals surface area contributed by atoms with Crippen molar-refractivity contribution in [3.63, 3.8) is 0 Å². The molecule has 3 aromatic rings. The minimum absolute atomic E-state index is 0.0250. The van der Waals surface area contributed by atoms with Crippen molar-refractivity contribution in [3.05, 3.63) is 108 Å². The number of hydrogen-bond acceptors (Lipinski definition) is 3. The molecule has 0 aliphatic heterocycles. The average Bonchev–Trinajstić information content (AvgIpc) is 2.67. The van der Waals surface area contributed by atoms with Gasteiger partial charge in [0.1, 0.15) is 0 Å². The molecule has 1 aromatic heterocycles. The number of aromatic nitrogens is 1. The molecule has 0 atom stereocenters. The Labute approximate surface area is 141 Å². The first kappa shape index (κ1) is 15.7. The van der Waals surface area contributed by atoms with E-state index < -0.39 is 0 Å². The minimum Gasteiger partial charge on any atom is -0.379 e. The molecule has 0 aliphatic rings. The smallest absolute Gasteiger partial charge is 0.187 e. The highest BCUT2D eigenvalue weighted by Crippen LogP contribution is 2.14. The Hall–Kier alpha value is -3.20. The van der Waals surface area contributed by atoms with Crippen molar-refractivity contribution in [1.82, 2.24) is 10.3 Å². The number of nitrogens with zero attached hydrogens (tertiary/aromatic N) is 1. The quantitative estimate of drug-likeness (QED) is 0.550. The van der Waals surface area contributed by atoms with Crippen LogP contribution in [0.3, 0.4) is 0 Å². The molecule has 1 N–H and O–H groups in total. The molecule has 2 aromatic carbocycles. The van der Waals surface area contributed by atoms with Gasteiger partial charge in [-0.05, 0) is 17.7 Å². The zero-order valence-corrected chi connectivity index (χ0v) is 13.2. The number of nitrogens with one attached hydrogen (secondary N) is 1. The molecule has 0 unspecified atom stereocenters. The fraction of sp³-hybridized carbons (Fsp3) is 0.0476. The van der Waals surface area contributed by atoms with E-state index in [1.54, 1.807) is 12.3 Å². The van der Waals surface area contributed by atoms with E-state index in [4.69, 9.17) is 0 Å². The lowest BCUT2D eigenvalue weighted by Crippen LogP contribution is -2.14. The monoisotopic (exact) mass is 314 g/mol. The van der Waals surface area contributed by atoms with E-state index in [0.29, 0.717) is 12.1 Å². The third kappa shape index (κ3) is 4.17. The highest BCUT2D eigenvalue weighted by molar-refractivity contribution is 6.08. The maximum atomic E-state index is 12.5. The molecule has 0 saturated heterocycles. The predicted molar refractivity (Wildman–Crippen MR) is 96.3 cm³/mol. The molecule has 3 rings (SSSR count). The van der Waals surface area contributed by atoms with Crippen LogP contribution in [-0.4, -0.2) is 10.8 Å². The maximum absolute atomic E-state index is 12.5. The minimum atomic E-state index is -0.0250. The third-order valence-electron chi connectivity index (χ3n) is 3.60. The molecule has 0 aliphatic carbocycles. The summed E-state index contributed by atoms with van der Waals surface area (Å²) in [6.07, 6.45) is 3.41. The Kier molecular flexibility index (Phi) is 5.15. The molecule has 3 nitrogen and oxygen atoms in total. The summed E-state index contributed by atoms with van der Waals surface area (Å²) in [5, 5.41) is 3.33. The summed E-state index contributed by atoms with van der Waals surface area (Å²) < 4.78 is 0. The normalized spacial score (nSPS) is 11.1. The molecule has 24 heavy (non-hydrogen) atoms. The summed E-state index contributed by atoms with van der Waals surface area (Å²) in [5.41, 5.74) is 3.35. The van der Waals surface area contributed by atoms with Gasteiger partial charge in [-0.3, -0.25) is 9.78 Å². The van der Waals surface area contributed by atoms with Gasteiger partial charge in [0.05, 0.1) is 12.2 Å². The number of allylic oxidation sites excluding steroid dienone is 1. The van der Waals surface area contributed by atoms with Crippen molar-refractivity contribution in [2.24, 2.45) is 0 Å². The summed E-state index contributed by atoms with van der Waals surface area (Å²) in [5.74, 6) is -0.0250. The van der Waals surface area contributed by atoms with Crippen LogP contribution in [0.15, 0.2) is 91.1 Å². The number of rotatable bonds is 6. The molecule has 0 amide bonds. The number of carbonyl (C=O) groups excluding carboxylic acids is 1. The third-order valence-corrected chi connectivity index (χ3v) is 3.60.